The molecule has 0 saturated carbocycles. The summed E-state index contributed by atoms with van der Waals surface area (Å²) in [5, 5.41) is 20.8. The van der Waals surface area contributed by atoms with Crippen LogP contribution in [0, 0.1) is 0 Å². The Hall–Kier alpha value is -1.79. The normalized spacial score (nSPS) is 35.4. The molecule has 13 heteroatoms. The van der Waals surface area contributed by atoms with E-state index in [1.807, 2.05) is 0 Å². The van der Waals surface area contributed by atoms with Gasteiger partial charge in [0.15, 0.2) is 17.6 Å². The fourth-order valence-electron chi connectivity index (χ4n) is 3.42. The molecule has 3 heterocycles. The number of rotatable bonds is 5. The van der Waals surface area contributed by atoms with Gasteiger partial charge in [0.2, 0.25) is 5.91 Å². The van der Waals surface area contributed by atoms with Gasteiger partial charge < -0.3 is 19.5 Å². The summed E-state index contributed by atoms with van der Waals surface area (Å²) < 4.78 is 49.9. The minimum Gasteiger partial charge on any atom is -0.424 e. The van der Waals surface area contributed by atoms with E-state index in [9.17, 15) is 28.6 Å². The monoisotopic (exact) mass is 477 g/mol. The summed E-state index contributed by atoms with van der Waals surface area (Å²) in [5.74, 6) is -0.859. The Labute approximate surface area is 180 Å². The first-order valence-corrected chi connectivity index (χ1v) is 11.7. The second-order valence-corrected chi connectivity index (χ2v) is 10.1. The topological polar surface area (TPSA) is 115 Å². The average molecular weight is 477 g/mol. The fraction of sp³-hybridized carbons (Fsp3) is 0.444. The third-order valence-corrected chi connectivity index (χ3v) is 7.31. The van der Waals surface area contributed by atoms with E-state index in [-0.39, 0.29) is 6.61 Å². The van der Waals surface area contributed by atoms with Crippen molar-refractivity contribution in [2.45, 2.75) is 43.5 Å². The van der Waals surface area contributed by atoms with Gasteiger partial charge in [0.1, 0.15) is 18.0 Å². The number of aliphatic hydroxyl groups is 2. The number of alkyl halides is 2. The van der Waals surface area contributed by atoms with Gasteiger partial charge in [-0.1, -0.05) is 18.2 Å². The molecule has 3 aliphatic rings. The van der Waals surface area contributed by atoms with Gasteiger partial charge in [-0.2, -0.15) is 0 Å². The molecule has 0 spiro atoms. The minimum absolute atomic E-state index is 0.0465. The van der Waals surface area contributed by atoms with E-state index in [4.69, 9.17) is 30.1 Å². The van der Waals surface area contributed by atoms with E-state index in [0.717, 1.165) is 17.2 Å². The molecule has 0 aromatic heterocycles. The highest BCUT2D eigenvalue weighted by Gasteiger charge is 2.62. The highest BCUT2D eigenvalue weighted by Crippen LogP contribution is 2.56. The molecule has 3 aliphatic heterocycles. The number of allylic oxidation sites excluding steroid dienone is 1. The van der Waals surface area contributed by atoms with E-state index in [0.29, 0.717) is 11.3 Å². The maximum Gasteiger partial charge on any atom is 0.381 e. The second kappa shape index (κ2) is 8.28. The molecule has 0 radical (unpaired) electrons. The van der Waals surface area contributed by atoms with Crippen LogP contribution in [0.25, 0.3) is 0 Å². The van der Waals surface area contributed by atoms with Crippen LogP contribution < -0.4 is 4.52 Å². The lowest BCUT2D eigenvalue weighted by Crippen LogP contribution is -2.52. The molecule has 1 saturated heterocycles. The number of halogens is 2. The highest BCUT2D eigenvalue weighted by molar-refractivity contribution is 8.07. The Morgan fingerprint density at radius 2 is 2.06 bits per heavy atom. The molecule has 31 heavy (non-hydrogen) atoms. The van der Waals surface area contributed by atoms with Crippen LogP contribution in [-0.4, -0.2) is 63.9 Å². The molecule has 0 bridgehead atoms. The maximum absolute atomic E-state index is 14.1. The predicted octanol–water partition coefficient (Wildman–Crippen LogP) is 1.23. The van der Waals surface area contributed by atoms with Crippen molar-refractivity contribution in [3.8, 4) is 5.75 Å². The van der Waals surface area contributed by atoms with Crippen molar-refractivity contribution in [2.75, 3.05) is 6.61 Å². The average Bonchev–Trinajstić information content (AvgIpc) is 2.98. The van der Waals surface area contributed by atoms with Crippen LogP contribution in [0.15, 0.2) is 36.5 Å². The van der Waals surface area contributed by atoms with Crippen molar-refractivity contribution in [3.63, 3.8) is 0 Å². The van der Waals surface area contributed by atoms with E-state index in [1.165, 1.54) is 0 Å². The lowest BCUT2D eigenvalue weighted by Gasteiger charge is -2.35. The molecule has 9 nitrogen and oxygen atoms in total. The Balaban J connectivity index is 1.54. The first-order chi connectivity index (χ1) is 14.7. The van der Waals surface area contributed by atoms with Crippen molar-refractivity contribution in [3.05, 3.63) is 42.1 Å². The number of carbonyl (C=O) groups is 2. The summed E-state index contributed by atoms with van der Waals surface area (Å²) in [6, 6.07) is 6.83. The number of ether oxygens (including phenoxy) is 1. The number of para-hydroxylation sites is 1. The first kappa shape index (κ1) is 22.4. The van der Waals surface area contributed by atoms with Gasteiger partial charge in [-0.25, -0.2) is 8.78 Å². The van der Waals surface area contributed by atoms with Crippen LogP contribution in [0.2, 0.25) is 0 Å². The molecule has 1 fully saturated rings. The van der Waals surface area contributed by atoms with E-state index < -0.39 is 61.9 Å². The molecule has 5 atom stereocenters. The molecular formula is C18H18F2NO8PS. The van der Waals surface area contributed by atoms with Gasteiger partial charge in [-0.15, -0.1) is 0 Å². The number of carbonyl (C=O) groups excluding carboxylic acids is 2. The molecule has 0 aliphatic carbocycles. The van der Waals surface area contributed by atoms with Crippen LogP contribution in [0.4, 0.5) is 8.78 Å². The number of hydrogen-bond donors (Lipinski definition) is 2. The zero-order valence-corrected chi connectivity index (χ0v) is 17.5. The third kappa shape index (κ3) is 4.05. The van der Waals surface area contributed by atoms with Crippen LogP contribution in [0.1, 0.15) is 12.0 Å². The Kier molecular flexibility index (Phi) is 5.99. The SMILES string of the molecule is O=C1C=CN([C@@H]2O[C@@](COP3(=S)OCc4ccccc4O3)(C(F)F)[C@@H](O)[C@H]2O)C(=O)C1. The Morgan fingerprint density at radius 1 is 1.32 bits per heavy atom. The quantitative estimate of drug-likeness (QED) is 0.478. The highest BCUT2D eigenvalue weighted by atomic mass is 32.5. The number of ketones is 1. The largest absolute Gasteiger partial charge is 0.424 e. The molecule has 1 aromatic rings. The van der Waals surface area contributed by atoms with Crippen LogP contribution >= 0.6 is 6.72 Å². The molecule has 4 rings (SSSR count). The van der Waals surface area contributed by atoms with E-state index >= 15 is 0 Å². The zero-order chi connectivity index (χ0) is 22.4. The van der Waals surface area contributed by atoms with Crippen LogP contribution in [-0.2, 0) is 41.8 Å². The lowest BCUT2D eigenvalue weighted by molar-refractivity contribution is -0.200. The smallest absolute Gasteiger partial charge is 0.381 e. The number of fused-ring (bicyclic) bond motifs is 1. The summed E-state index contributed by atoms with van der Waals surface area (Å²) in [6.45, 7) is -4.43. The van der Waals surface area contributed by atoms with Crippen LogP contribution in [0.5, 0.6) is 5.75 Å². The lowest BCUT2D eigenvalue weighted by atomic mass is 9.96. The number of benzene rings is 1. The molecule has 168 valence electrons. The van der Waals surface area contributed by atoms with Crippen molar-refractivity contribution >= 4 is 30.2 Å². The van der Waals surface area contributed by atoms with Gasteiger partial charge >= 0.3 is 6.72 Å². The van der Waals surface area contributed by atoms with E-state index in [2.05, 4.69) is 0 Å². The summed E-state index contributed by atoms with van der Waals surface area (Å²) in [7, 11) is 0. The fourth-order valence-corrected chi connectivity index (χ4v) is 5.23. The van der Waals surface area contributed by atoms with Crippen molar-refractivity contribution in [1.82, 2.24) is 4.90 Å². The summed E-state index contributed by atoms with van der Waals surface area (Å²) in [6.07, 6.45) is -7.46. The molecule has 1 aromatic carbocycles. The standard InChI is InChI=1S/C18H18F2NO8PS/c19-17(20)18(9-27-30(31)26-8-10-3-1-2-4-12(10)29-30)15(25)14(24)16(28-18)21-6-5-11(22)7-13(21)23/h1-6,14-17,24-25H,7-9H2/t14-,15+,16-,18-,30?/m1/s1. The van der Waals surface area contributed by atoms with Gasteiger partial charge in [-0.05, 0) is 12.1 Å². The Bertz CT molecular complexity index is 978. The van der Waals surface area contributed by atoms with Gasteiger partial charge in [0, 0.05) is 23.6 Å². The zero-order valence-electron chi connectivity index (χ0n) is 15.8. The summed E-state index contributed by atoms with van der Waals surface area (Å²) in [4.78, 5) is 24.3. The van der Waals surface area contributed by atoms with Gasteiger partial charge in [0.05, 0.1) is 19.6 Å². The summed E-state index contributed by atoms with van der Waals surface area (Å²) >= 11 is 5.24. The molecule has 1 amide bonds. The van der Waals surface area contributed by atoms with Crippen molar-refractivity contribution < 1.29 is 46.9 Å². The van der Waals surface area contributed by atoms with Gasteiger partial charge in [-0.3, -0.25) is 23.5 Å². The predicted molar refractivity (Wildman–Crippen MR) is 103 cm³/mol. The number of aliphatic hydroxyl groups excluding tert-OH is 2. The van der Waals surface area contributed by atoms with Crippen molar-refractivity contribution in [1.29, 1.82) is 0 Å². The van der Waals surface area contributed by atoms with Crippen LogP contribution in [0.3, 0.4) is 0 Å². The van der Waals surface area contributed by atoms with Gasteiger partial charge in [0.25, 0.3) is 6.43 Å². The minimum atomic E-state index is -3.51. The Morgan fingerprint density at radius 3 is 2.77 bits per heavy atom. The number of nitrogens with zero attached hydrogens (tertiary/aromatic N) is 1. The molecule has 1 unspecified atom stereocenters. The van der Waals surface area contributed by atoms with Crippen molar-refractivity contribution in [2.24, 2.45) is 0 Å². The number of hydrogen-bond acceptors (Lipinski definition) is 9. The second-order valence-electron chi connectivity index (χ2n) is 7.15. The summed E-state index contributed by atoms with van der Waals surface area (Å²) in [5.41, 5.74) is -2.01. The molecular weight excluding hydrogens is 459 g/mol. The maximum atomic E-state index is 14.1. The molecule has 2 N–H and O–H groups in total. The van der Waals surface area contributed by atoms with E-state index in [1.54, 1.807) is 24.3 Å². The third-order valence-electron chi connectivity index (χ3n) is 5.14. The first-order valence-electron chi connectivity index (χ1n) is 9.16. The number of amides is 1.